The number of rotatable bonds is 8. The fourth-order valence-corrected chi connectivity index (χ4v) is 3.21. The molecule has 1 amide bonds. The van der Waals surface area contributed by atoms with Gasteiger partial charge in [0.15, 0.2) is 17.6 Å². The molecular formula is C24H25N3O5. The molecule has 8 nitrogen and oxygen atoms in total. The predicted molar refractivity (Wildman–Crippen MR) is 121 cm³/mol. The van der Waals surface area contributed by atoms with Crippen molar-refractivity contribution in [2.24, 2.45) is 5.10 Å². The molecule has 1 atom stereocenters. The Balaban J connectivity index is 1.73. The van der Waals surface area contributed by atoms with Gasteiger partial charge < -0.3 is 19.1 Å². The highest BCUT2D eigenvalue weighted by Crippen LogP contribution is 2.31. The number of hydrazone groups is 1. The largest absolute Gasteiger partial charge is 0.493 e. The molecule has 0 saturated heterocycles. The van der Waals surface area contributed by atoms with Crippen LogP contribution in [0.4, 0.5) is 0 Å². The second kappa shape index (κ2) is 9.82. The number of nitrogens with zero attached hydrogens (tertiary/aromatic N) is 2. The van der Waals surface area contributed by atoms with E-state index in [1.807, 2.05) is 38.1 Å². The third-order valence-electron chi connectivity index (χ3n) is 4.90. The number of benzene rings is 2. The van der Waals surface area contributed by atoms with E-state index in [9.17, 15) is 9.59 Å². The number of carbonyl (C=O) groups is 2. The van der Waals surface area contributed by atoms with Crippen LogP contribution in [0.2, 0.25) is 0 Å². The first-order chi connectivity index (χ1) is 15.3. The Labute approximate surface area is 186 Å². The van der Waals surface area contributed by atoms with Crippen LogP contribution in [-0.4, -0.2) is 41.0 Å². The average Bonchev–Trinajstić information content (AvgIpc) is 3.12. The summed E-state index contributed by atoms with van der Waals surface area (Å²) in [7, 11) is 1.46. The van der Waals surface area contributed by atoms with Crippen molar-refractivity contribution in [1.29, 1.82) is 0 Å². The van der Waals surface area contributed by atoms with Crippen molar-refractivity contribution in [3.05, 3.63) is 77.1 Å². The summed E-state index contributed by atoms with van der Waals surface area (Å²) in [5.74, 6) is -0.900. The number of aliphatic carboxylic acids is 1. The van der Waals surface area contributed by atoms with Gasteiger partial charge in [0.1, 0.15) is 0 Å². The molecule has 0 radical (unpaired) electrons. The standard InChI is InChI=1S/C24H25N3O5/c1-15-8-9-16(2)27(15)20-12-10-18(11-13-20)23(28)26-25-14-19-6-5-7-21(31-4)22(19)32-17(3)24(29)30/h5-14,17H,1-4H3,(H,26,28)(H,29,30)/b25-14-/t17-/m0/s1. The van der Waals surface area contributed by atoms with Crippen LogP contribution >= 0.6 is 0 Å². The highest BCUT2D eigenvalue weighted by Gasteiger charge is 2.18. The summed E-state index contributed by atoms with van der Waals surface area (Å²) < 4.78 is 12.9. The van der Waals surface area contributed by atoms with Crippen molar-refractivity contribution in [2.45, 2.75) is 26.9 Å². The van der Waals surface area contributed by atoms with E-state index in [0.29, 0.717) is 16.9 Å². The van der Waals surface area contributed by atoms with Gasteiger partial charge in [0, 0.05) is 28.2 Å². The molecule has 166 valence electrons. The summed E-state index contributed by atoms with van der Waals surface area (Å²) in [6.45, 7) is 5.46. The van der Waals surface area contributed by atoms with Crippen LogP contribution in [0.15, 0.2) is 59.7 Å². The lowest BCUT2D eigenvalue weighted by molar-refractivity contribution is -0.144. The van der Waals surface area contributed by atoms with Crippen molar-refractivity contribution in [1.82, 2.24) is 9.99 Å². The number of ether oxygens (including phenoxy) is 2. The third-order valence-corrected chi connectivity index (χ3v) is 4.90. The van der Waals surface area contributed by atoms with Gasteiger partial charge in [-0.1, -0.05) is 6.07 Å². The van der Waals surface area contributed by atoms with Crippen LogP contribution in [0.1, 0.15) is 34.2 Å². The Morgan fingerprint density at radius 3 is 2.31 bits per heavy atom. The molecule has 3 aromatic rings. The third kappa shape index (κ3) is 4.97. The zero-order valence-electron chi connectivity index (χ0n) is 18.3. The molecule has 3 rings (SSSR count). The van der Waals surface area contributed by atoms with E-state index in [2.05, 4.69) is 15.1 Å². The van der Waals surface area contributed by atoms with Gasteiger partial charge in [0.2, 0.25) is 0 Å². The molecule has 0 aliphatic heterocycles. The smallest absolute Gasteiger partial charge is 0.344 e. The van der Waals surface area contributed by atoms with E-state index in [1.54, 1.807) is 30.3 Å². The monoisotopic (exact) mass is 435 g/mol. The molecule has 8 heteroatoms. The number of methoxy groups -OCH3 is 1. The lowest BCUT2D eigenvalue weighted by atomic mass is 10.2. The van der Waals surface area contributed by atoms with Gasteiger partial charge in [0.05, 0.1) is 13.3 Å². The normalized spacial score (nSPS) is 11.9. The molecule has 0 saturated carbocycles. The van der Waals surface area contributed by atoms with Gasteiger partial charge in [0.25, 0.3) is 5.91 Å². The maximum Gasteiger partial charge on any atom is 0.344 e. The minimum absolute atomic E-state index is 0.227. The number of aryl methyl sites for hydroxylation is 2. The van der Waals surface area contributed by atoms with Crippen LogP contribution in [0.5, 0.6) is 11.5 Å². The van der Waals surface area contributed by atoms with Crippen LogP contribution in [0, 0.1) is 13.8 Å². The minimum atomic E-state index is -1.11. The lowest BCUT2D eigenvalue weighted by Gasteiger charge is -2.15. The average molecular weight is 435 g/mol. The Hall–Kier alpha value is -4.07. The molecule has 1 heterocycles. The molecule has 0 bridgehead atoms. The van der Waals surface area contributed by atoms with Crippen LogP contribution in [0.3, 0.4) is 0 Å². The van der Waals surface area contributed by atoms with Gasteiger partial charge in [-0.3, -0.25) is 4.79 Å². The predicted octanol–water partition coefficient (Wildman–Crippen LogP) is 3.72. The highest BCUT2D eigenvalue weighted by atomic mass is 16.5. The quantitative estimate of drug-likeness (QED) is 0.415. The Morgan fingerprint density at radius 2 is 1.72 bits per heavy atom. The fourth-order valence-electron chi connectivity index (χ4n) is 3.21. The van der Waals surface area contributed by atoms with E-state index in [-0.39, 0.29) is 11.7 Å². The SMILES string of the molecule is COc1cccc(/C=N\NC(=O)c2ccc(-n3c(C)ccc3C)cc2)c1O[C@@H](C)C(=O)O. The summed E-state index contributed by atoms with van der Waals surface area (Å²) in [4.78, 5) is 23.6. The number of aromatic nitrogens is 1. The van der Waals surface area contributed by atoms with Crippen LogP contribution in [0.25, 0.3) is 5.69 Å². The molecule has 0 spiro atoms. The molecule has 0 fully saturated rings. The fraction of sp³-hybridized carbons (Fsp3) is 0.208. The number of carboxylic acid groups (broad SMARTS) is 1. The molecule has 0 unspecified atom stereocenters. The van der Waals surface area contributed by atoms with Crippen molar-refractivity contribution >= 4 is 18.1 Å². The van der Waals surface area contributed by atoms with Gasteiger partial charge in [-0.25, -0.2) is 10.2 Å². The second-order valence-corrected chi connectivity index (χ2v) is 7.17. The van der Waals surface area contributed by atoms with Crippen molar-refractivity contribution < 1.29 is 24.2 Å². The number of hydrogen-bond acceptors (Lipinski definition) is 5. The van der Waals surface area contributed by atoms with Gasteiger partial charge >= 0.3 is 5.97 Å². The minimum Gasteiger partial charge on any atom is -0.493 e. The zero-order chi connectivity index (χ0) is 23.3. The van der Waals surface area contributed by atoms with E-state index < -0.39 is 12.1 Å². The molecule has 2 N–H and O–H groups in total. The first-order valence-corrected chi connectivity index (χ1v) is 9.97. The Bertz CT molecular complexity index is 1130. The number of carbonyl (C=O) groups excluding carboxylic acids is 1. The number of para-hydroxylation sites is 1. The zero-order valence-corrected chi connectivity index (χ0v) is 18.3. The van der Waals surface area contributed by atoms with Crippen LogP contribution in [-0.2, 0) is 4.79 Å². The van der Waals surface area contributed by atoms with Gasteiger partial charge in [-0.15, -0.1) is 0 Å². The van der Waals surface area contributed by atoms with E-state index in [1.165, 1.54) is 20.2 Å². The van der Waals surface area contributed by atoms with E-state index in [4.69, 9.17) is 14.6 Å². The van der Waals surface area contributed by atoms with Crippen molar-refractivity contribution in [3.8, 4) is 17.2 Å². The molecule has 32 heavy (non-hydrogen) atoms. The molecule has 0 aliphatic rings. The summed E-state index contributed by atoms with van der Waals surface area (Å²) in [5.41, 5.74) is 6.58. The van der Waals surface area contributed by atoms with E-state index in [0.717, 1.165) is 17.1 Å². The Kier molecular flexibility index (Phi) is 6.94. The van der Waals surface area contributed by atoms with Crippen LogP contribution < -0.4 is 14.9 Å². The summed E-state index contributed by atoms with van der Waals surface area (Å²) in [6, 6.07) is 16.3. The lowest BCUT2D eigenvalue weighted by Crippen LogP contribution is -2.24. The Morgan fingerprint density at radius 1 is 1.06 bits per heavy atom. The summed E-state index contributed by atoms with van der Waals surface area (Å²) >= 11 is 0. The topological polar surface area (TPSA) is 102 Å². The second-order valence-electron chi connectivity index (χ2n) is 7.17. The molecule has 0 aliphatic carbocycles. The maximum absolute atomic E-state index is 12.5. The number of carboxylic acids is 1. The van der Waals surface area contributed by atoms with Crippen molar-refractivity contribution in [2.75, 3.05) is 7.11 Å². The first-order valence-electron chi connectivity index (χ1n) is 9.97. The van der Waals surface area contributed by atoms with E-state index >= 15 is 0 Å². The first kappa shape index (κ1) is 22.6. The molecule has 2 aromatic carbocycles. The number of amides is 1. The summed E-state index contributed by atoms with van der Waals surface area (Å²) in [5, 5.41) is 13.1. The summed E-state index contributed by atoms with van der Waals surface area (Å²) in [6.07, 6.45) is 0.296. The molecular weight excluding hydrogens is 410 g/mol. The maximum atomic E-state index is 12.5. The van der Waals surface area contributed by atoms with Crippen molar-refractivity contribution in [3.63, 3.8) is 0 Å². The van der Waals surface area contributed by atoms with Gasteiger partial charge in [-0.2, -0.15) is 5.10 Å². The number of nitrogens with one attached hydrogen (secondary N) is 1. The van der Waals surface area contributed by atoms with Gasteiger partial charge in [-0.05, 0) is 69.3 Å². The number of hydrogen-bond donors (Lipinski definition) is 2. The highest BCUT2D eigenvalue weighted by molar-refractivity contribution is 5.95. The molecule has 1 aromatic heterocycles.